The molecule has 0 spiro atoms. The monoisotopic (exact) mass is 160 g/mol. The number of carbonyl (C=O) groups excluding carboxylic acids is 1. The third-order valence-electron chi connectivity index (χ3n) is 1.37. The Kier molecular flexibility index (Phi) is 5.78. The third kappa shape index (κ3) is 5.82. The predicted molar refractivity (Wildman–Crippen MR) is 43.2 cm³/mol. The average Bonchev–Trinajstić information content (AvgIpc) is 2.04. The molecular formula is C7H16N2O2. The molecule has 0 saturated heterocycles. The summed E-state index contributed by atoms with van der Waals surface area (Å²) in [5.74, 6) is -0.117. The highest BCUT2D eigenvalue weighted by Gasteiger charge is 2.01. The second-order valence-electron chi connectivity index (χ2n) is 2.36. The zero-order valence-electron chi connectivity index (χ0n) is 7.09. The van der Waals surface area contributed by atoms with Gasteiger partial charge in [-0.25, -0.2) is 0 Å². The Labute approximate surface area is 67.1 Å². The summed E-state index contributed by atoms with van der Waals surface area (Å²) in [5.41, 5.74) is 5.54. The van der Waals surface area contributed by atoms with Crippen molar-refractivity contribution in [2.24, 2.45) is 5.73 Å². The van der Waals surface area contributed by atoms with Crippen molar-refractivity contribution in [2.75, 3.05) is 20.3 Å². The van der Waals surface area contributed by atoms with Crippen LogP contribution in [0.15, 0.2) is 0 Å². The van der Waals surface area contributed by atoms with Crippen LogP contribution in [0.5, 0.6) is 0 Å². The maximum absolute atomic E-state index is 10.6. The minimum atomic E-state index is -0.117. The molecule has 0 aromatic rings. The molecule has 0 saturated carbocycles. The van der Waals surface area contributed by atoms with Gasteiger partial charge in [-0.05, 0) is 6.42 Å². The first kappa shape index (κ1) is 10.4. The van der Waals surface area contributed by atoms with Gasteiger partial charge in [0.25, 0.3) is 0 Å². The molecule has 4 nitrogen and oxygen atoms in total. The van der Waals surface area contributed by atoms with E-state index in [4.69, 9.17) is 10.5 Å². The molecule has 0 aromatic heterocycles. The van der Waals surface area contributed by atoms with Gasteiger partial charge in [0.2, 0.25) is 5.91 Å². The Morgan fingerprint density at radius 1 is 1.73 bits per heavy atom. The van der Waals surface area contributed by atoms with Crippen LogP contribution >= 0.6 is 0 Å². The van der Waals surface area contributed by atoms with Gasteiger partial charge in [-0.15, -0.1) is 0 Å². The summed E-state index contributed by atoms with van der Waals surface area (Å²) in [7, 11) is 1.57. The normalized spacial score (nSPS) is 12.6. The van der Waals surface area contributed by atoms with E-state index >= 15 is 0 Å². The molecule has 4 heteroatoms. The van der Waals surface area contributed by atoms with Crippen LogP contribution in [0.3, 0.4) is 0 Å². The molecule has 11 heavy (non-hydrogen) atoms. The summed E-state index contributed by atoms with van der Waals surface area (Å²) in [6.07, 6.45) is 0.869. The van der Waals surface area contributed by atoms with Crippen molar-refractivity contribution < 1.29 is 9.53 Å². The Balaban J connectivity index is 3.20. The van der Waals surface area contributed by atoms with E-state index in [1.807, 2.05) is 6.92 Å². The highest BCUT2D eigenvalue weighted by Crippen LogP contribution is 1.86. The van der Waals surface area contributed by atoms with Crippen molar-refractivity contribution >= 4 is 5.91 Å². The lowest BCUT2D eigenvalue weighted by molar-refractivity contribution is -0.125. The maximum Gasteiger partial charge on any atom is 0.245 e. The van der Waals surface area contributed by atoms with Gasteiger partial charge >= 0.3 is 0 Å². The van der Waals surface area contributed by atoms with Crippen LogP contribution in [0.25, 0.3) is 0 Å². The molecule has 0 aliphatic rings. The highest BCUT2D eigenvalue weighted by atomic mass is 16.5. The van der Waals surface area contributed by atoms with Crippen molar-refractivity contribution in [3.05, 3.63) is 0 Å². The summed E-state index contributed by atoms with van der Waals surface area (Å²) in [4.78, 5) is 10.6. The standard InChI is InChI=1S/C7H16N2O2/c1-3-6(8)4-11-5-7(10)9-2/h6H,3-5,8H2,1-2H3,(H,9,10). The van der Waals surface area contributed by atoms with Crippen molar-refractivity contribution in [3.8, 4) is 0 Å². The number of ether oxygens (including phenoxy) is 1. The van der Waals surface area contributed by atoms with Crippen LogP contribution in [-0.4, -0.2) is 32.2 Å². The average molecular weight is 160 g/mol. The maximum atomic E-state index is 10.6. The van der Waals surface area contributed by atoms with E-state index in [9.17, 15) is 4.79 Å². The van der Waals surface area contributed by atoms with Gasteiger partial charge in [-0.2, -0.15) is 0 Å². The van der Waals surface area contributed by atoms with Crippen LogP contribution in [0.2, 0.25) is 0 Å². The first-order chi connectivity index (χ1) is 5.20. The van der Waals surface area contributed by atoms with E-state index < -0.39 is 0 Å². The Bertz CT molecular complexity index is 117. The molecule has 0 bridgehead atoms. The third-order valence-corrected chi connectivity index (χ3v) is 1.37. The van der Waals surface area contributed by atoms with Gasteiger partial charge < -0.3 is 15.8 Å². The highest BCUT2D eigenvalue weighted by molar-refractivity contribution is 5.76. The van der Waals surface area contributed by atoms with E-state index in [1.54, 1.807) is 7.05 Å². The van der Waals surface area contributed by atoms with Crippen molar-refractivity contribution in [1.29, 1.82) is 0 Å². The number of nitrogens with one attached hydrogen (secondary N) is 1. The van der Waals surface area contributed by atoms with E-state index in [0.29, 0.717) is 6.61 Å². The number of hydrogen-bond acceptors (Lipinski definition) is 3. The molecule has 1 unspecified atom stereocenters. The van der Waals surface area contributed by atoms with Crippen LogP contribution in [0, 0.1) is 0 Å². The van der Waals surface area contributed by atoms with Crippen LogP contribution < -0.4 is 11.1 Å². The van der Waals surface area contributed by atoms with Crippen molar-refractivity contribution in [1.82, 2.24) is 5.32 Å². The van der Waals surface area contributed by atoms with Crippen LogP contribution in [0.4, 0.5) is 0 Å². The second-order valence-corrected chi connectivity index (χ2v) is 2.36. The van der Waals surface area contributed by atoms with Crippen molar-refractivity contribution in [2.45, 2.75) is 19.4 Å². The SMILES string of the molecule is CCC(N)COCC(=O)NC. The number of amides is 1. The number of carbonyl (C=O) groups is 1. The van der Waals surface area contributed by atoms with Gasteiger partial charge in [-0.1, -0.05) is 6.92 Å². The second kappa shape index (κ2) is 6.12. The van der Waals surface area contributed by atoms with Gasteiger partial charge in [0.1, 0.15) is 6.61 Å². The molecule has 0 aliphatic heterocycles. The quantitative estimate of drug-likeness (QED) is 0.569. The van der Waals surface area contributed by atoms with E-state index in [0.717, 1.165) is 6.42 Å². The van der Waals surface area contributed by atoms with Gasteiger partial charge in [0.05, 0.1) is 6.61 Å². The fraction of sp³-hybridized carbons (Fsp3) is 0.857. The van der Waals surface area contributed by atoms with Gasteiger partial charge in [0.15, 0.2) is 0 Å². The van der Waals surface area contributed by atoms with Crippen molar-refractivity contribution in [3.63, 3.8) is 0 Å². The number of hydrogen-bond donors (Lipinski definition) is 2. The summed E-state index contributed by atoms with van der Waals surface area (Å²) >= 11 is 0. The number of likely N-dealkylation sites (N-methyl/N-ethyl adjacent to an activating group) is 1. The van der Waals surface area contributed by atoms with E-state index in [1.165, 1.54) is 0 Å². The molecule has 0 aliphatic carbocycles. The van der Waals surface area contributed by atoms with Gasteiger partial charge in [0, 0.05) is 13.1 Å². The summed E-state index contributed by atoms with van der Waals surface area (Å²) in [5, 5.41) is 2.45. The fourth-order valence-corrected chi connectivity index (χ4v) is 0.493. The Hall–Kier alpha value is -0.610. The largest absolute Gasteiger partial charge is 0.370 e. The van der Waals surface area contributed by atoms with E-state index in [-0.39, 0.29) is 18.6 Å². The fourth-order valence-electron chi connectivity index (χ4n) is 0.493. The molecule has 1 atom stereocenters. The Morgan fingerprint density at radius 3 is 2.82 bits per heavy atom. The topological polar surface area (TPSA) is 64.3 Å². The number of nitrogens with two attached hydrogens (primary N) is 1. The van der Waals surface area contributed by atoms with Crippen LogP contribution in [0.1, 0.15) is 13.3 Å². The molecule has 0 fully saturated rings. The molecule has 0 aromatic carbocycles. The first-order valence-corrected chi connectivity index (χ1v) is 3.74. The summed E-state index contributed by atoms with van der Waals surface area (Å²) in [6, 6.07) is 0.0413. The molecular weight excluding hydrogens is 144 g/mol. The number of rotatable bonds is 5. The summed E-state index contributed by atoms with van der Waals surface area (Å²) in [6.45, 7) is 2.53. The zero-order valence-corrected chi connectivity index (χ0v) is 7.09. The lowest BCUT2D eigenvalue weighted by atomic mass is 10.3. The van der Waals surface area contributed by atoms with E-state index in [2.05, 4.69) is 5.32 Å². The Morgan fingerprint density at radius 2 is 2.36 bits per heavy atom. The lowest BCUT2D eigenvalue weighted by Gasteiger charge is -2.08. The predicted octanol–water partition coefficient (Wildman–Crippen LogP) is -0.514. The molecule has 0 radical (unpaired) electrons. The minimum Gasteiger partial charge on any atom is -0.370 e. The molecule has 66 valence electrons. The molecule has 3 N–H and O–H groups in total. The molecule has 1 amide bonds. The summed E-state index contributed by atoms with van der Waals surface area (Å²) < 4.78 is 5.00. The smallest absolute Gasteiger partial charge is 0.245 e. The zero-order chi connectivity index (χ0) is 8.69. The first-order valence-electron chi connectivity index (χ1n) is 3.74. The molecule has 0 heterocycles. The van der Waals surface area contributed by atoms with Gasteiger partial charge in [-0.3, -0.25) is 4.79 Å². The lowest BCUT2D eigenvalue weighted by Crippen LogP contribution is -2.29. The van der Waals surface area contributed by atoms with Crippen LogP contribution in [-0.2, 0) is 9.53 Å². The molecule has 0 rings (SSSR count). The minimum absolute atomic E-state index is 0.0413.